The Bertz CT molecular complexity index is 841. The van der Waals surface area contributed by atoms with Gasteiger partial charge in [-0.2, -0.15) is 0 Å². The number of ether oxygens (including phenoxy) is 1. The number of H-pyrrole nitrogens is 1. The number of rotatable bonds is 6. The summed E-state index contributed by atoms with van der Waals surface area (Å²) in [5.41, 5.74) is 1.53. The van der Waals surface area contributed by atoms with Crippen molar-refractivity contribution >= 4 is 10.9 Å². The molecule has 0 spiro atoms. The molecule has 1 saturated carbocycles. The van der Waals surface area contributed by atoms with Crippen LogP contribution >= 0.6 is 0 Å². The van der Waals surface area contributed by atoms with Gasteiger partial charge in [-0.05, 0) is 56.8 Å². The van der Waals surface area contributed by atoms with Crippen LogP contribution < -0.4 is 4.74 Å². The van der Waals surface area contributed by atoms with Crippen LogP contribution in [0.15, 0.2) is 24.4 Å². The summed E-state index contributed by atoms with van der Waals surface area (Å²) < 4.78 is 77.7. The fourth-order valence-electron chi connectivity index (χ4n) is 3.24. The first-order chi connectivity index (χ1) is 13.9. The van der Waals surface area contributed by atoms with E-state index in [0.29, 0.717) is 30.1 Å². The van der Waals surface area contributed by atoms with Gasteiger partial charge in [0.2, 0.25) is 5.92 Å². The molecular weight excluding hydrogens is 310 g/mol. The smallest absolute Gasteiger partial charge is 0.248 e. The van der Waals surface area contributed by atoms with Gasteiger partial charge in [0.1, 0.15) is 5.75 Å². The average Bonchev–Trinajstić information content (AvgIpc) is 3.02. The highest BCUT2D eigenvalue weighted by atomic mass is 19.3. The first-order valence-corrected chi connectivity index (χ1v) is 8.24. The van der Waals surface area contributed by atoms with E-state index in [1.54, 1.807) is 12.3 Å². The summed E-state index contributed by atoms with van der Waals surface area (Å²) >= 11 is 0. The maximum absolute atomic E-state index is 13.3. The summed E-state index contributed by atoms with van der Waals surface area (Å²) in [6.07, 6.45) is 2.49. The number of alkyl halides is 2. The molecular formula is C19H26F2N2O. The standard InChI is InChI=1S/C19H26F2N2O/c1-23(2)11-8-15-12-22-16-4-3-5-17(18(15)16)24-13-14-6-9-19(20,21)10-7-14/h3-5,12,14,22H,6-11,13H2,1-2H3/i1D3,2D3. The summed E-state index contributed by atoms with van der Waals surface area (Å²) in [5.74, 6) is -1.94. The number of benzene rings is 1. The highest BCUT2D eigenvalue weighted by Crippen LogP contribution is 2.37. The molecule has 0 bridgehead atoms. The molecule has 5 heteroatoms. The second kappa shape index (κ2) is 7.09. The van der Waals surface area contributed by atoms with Crippen LogP contribution in [0.1, 0.15) is 39.5 Å². The van der Waals surface area contributed by atoms with Gasteiger partial charge in [0, 0.05) is 44.7 Å². The van der Waals surface area contributed by atoms with Crippen LogP contribution in [0.5, 0.6) is 5.75 Å². The van der Waals surface area contributed by atoms with Crippen molar-refractivity contribution in [3.8, 4) is 5.75 Å². The van der Waals surface area contributed by atoms with Crippen molar-refractivity contribution < 1.29 is 21.7 Å². The first kappa shape index (κ1) is 11.1. The molecule has 0 amide bonds. The maximum atomic E-state index is 13.3. The minimum Gasteiger partial charge on any atom is -0.493 e. The number of hydrogen-bond donors (Lipinski definition) is 1. The first-order valence-electron chi connectivity index (χ1n) is 11.2. The Labute approximate surface area is 150 Å². The van der Waals surface area contributed by atoms with Crippen molar-refractivity contribution in [2.24, 2.45) is 5.92 Å². The third-order valence-electron chi connectivity index (χ3n) is 4.67. The number of hydrogen-bond acceptors (Lipinski definition) is 2. The molecule has 1 heterocycles. The van der Waals surface area contributed by atoms with E-state index in [0.717, 1.165) is 16.5 Å². The van der Waals surface area contributed by atoms with E-state index < -0.39 is 19.9 Å². The summed E-state index contributed by atoms with van der Waals surface area (Å²) in [6, 6.07) is 5.44. The second-order valence-corrected chi connectivity index (χ2v) is 6.50. The molecule has 132 valence electrons. The highest BCUT2D eigenvalue weighted by Gasteiger charge is 2.35. The molecule has 0 radical (unpaired) electrons. The van der Waals surface area contributed by atoms with Crippen molar-refractivity contribution in [2.75, 3.05) is 27.1 Å². The van der Waals surface area contributed by atoms with Crippen molar-refractivity contribution in [2.45, 2.75) is 38.0 Å². The SMILES string of the molecule is [2H]C([2H])([2H])N(CCc1c[nH]c2cccc(OCC3CCC(F)(F)CC3)c12)C([2H])([2H])[2H]. The van der Waals surface area contributed by atoms with E-state index >= 15 is 0 Å². The van der Waals surface area contributed by atoms with Crippen molar-refractivity contribution in [3.05, 3.63) is 30.0 Å². The number of nitrogens with one attached hydrogen (secondary N) is 1. The van der Waals surface area contributed by atoms with Gasteiger partial charge in [0.15, 0.2) is 0 Å². The summed E-state index contributed by atoms with van der Waals surface area (Å²) in [5, 5.41) is 0.759. The van der Waals surface area contributed by atoms with E-state index in [1.807, 2.05) is 12.1 Å². The van der Waals surface area contributed by atoms with Gasteiger partial charge in [-0.3, -0.25) is 0 Å². The van der Waals surface area contributed by atoms with Crippen LogP contribution in [0.4, 0.5) is 8.78 Å². The zero-order valence-electron chi connectivity index (χ0n) is 19.4. The van der Waals surface area contributed by atoms with Crippen molar-refractivity contribution in [3.63, 3.8) is 0 Å². The van der Waals surface area contributed by atoms with E-state index in [-0.39, 0.29) is 31.7 Å². The van der Waals surface area contributed by atoms with Crippen molar-refractivity contribution in [1.29, 1.82) is 0 Å². The van der Waals surface area contributed by atoms with Gasteiger partial charge in [-0.1, -0.05) is 6.07 Å². The van der Waals surface area contributed by atoms with E-state index in [9.17, 15) is 8.78 Å². The fourth-order valence-corrected chi connectivity index (χ4v) is 3.24. The van der Waals surface area contributed by atoms with Crippen LogP contribution in [-0.2, 0) is 6.42 Å². The zero-order valence-corrected chi connectivity index (χ0v) is 13.4. The summed E-state index contributed by atoms with van der Waals surface area (Å²) in [6.45, 7) is -5.32. The summed E-state index contributed by atoms with van der Waals surface area (Å²) in [4.78, 5) is 3.63. The molecule has 24 heavy (non-hydrogen) atoms. The lowest BCUT2D eigenvalue weighted by atomic mass is 9.87. The highest BCUT2D eigenvalue weighted by molar-refractivity contribution is 5.89. The van der Waals surface area contributed by atoms with Crippen molar-refractivity contribution in [1.82, 2.24) is 9.88 Å². The minimum atomic E-state index is -2.74. The Morgan fingerprint density at radius 3 is 2.88 bits per heavy atom. The van der Waals surface area contributed by atoms with Gasteiger partial charge in [0.05, 0.1) is 6.61 Å². The molecule has 0 aliphatic heterocycles. The number of nitrogens with zero attached hydrogens (tertiary/aromatic N) is 1. The quantitative estimate of drug-likeness (QED) is 0.838. The van der Waals surface area contributed by atoms with Gasteiger partial charge >= 0.3 is 0 Å². The molecule has 1 aliphatic carbocycles. The van der Waals surface area contributed by atoms with Crippen LogP contribution in [-0.4, -0.2) is 42.9 Å². The summed E-state index contributed by atoms with van der Waals surface area (Å²) in [7, 11) is 0. The Kier molecular flexibility index (Phi) is 3.28. The van der Waals surface area contributed by atoms with E-state index in [2.05, 4.69) is 4.98 Å². The maximum Gasteiger partial charge on any atom is 0.248 e. The van der Waals surface area contributed by atoms with Gasteiger partial charge in [-0.25, -0.2) is 8.78 Å². The number of halogens is 2. The Hall–Kier alpha value is -1.62. The normalized spacial score (nSPS) is 23.1. The average molecular weight is 342 g/mol. The predicted molar refractivity (Wildman–Crippen MR) is 93.0 cm³/mol. The third kappa shape index (κ3) is 4.07. The minimum absolute atomic E-state index is 0.0592. The molecule has 3 nitrogen and oxygen atoms in total. The molecule has 2 aromatic rings. The molecule has 0 unspecified atom stereocenters. The Balaban J connectivity index is 1.73. The molecule has 0 atom stereocenters. The van der Waals surface area contributed by atoms with Gasteiger partial charge in [0.25, 0.3) is 0 Å². The van der Waals surface area contributed by atoms with Gasteiger partial charge in [-0.15, -0.1) is 0 Å². The molecule has 1 fully saturated rings. The molecule has 0 saturated heterocycles. The Morgan fingerprint density at radius 1 is 1.33 bits per heavy atom. The van der Waals surface area contributed by atoms with E-state index in [4.69, 9.17) is 13.0 Å². The Morgan fingerprint density at radius 2 is 2.12 bits per heavy atom. The largest absolute Gasteiger partial charge is 0.493 e. The molecule has 3 rings (SSSR count). The second-order valence-electron chi connectivity index (χ2n) is 6.50. The zero-order chi connectivity index (χ0) is 22.2. The lowest BCUT2D eigenvalue weighted by Crippen LogP contribution is -2.27. The number of aromatic nitrogens is 1. The van der Waals surface area contributed by atoms with E-state index in [1.165, 1.54) is 0 Å². The predicted octanol–water partition coefficient (Wildman–Crippen LogP) is 4.48. The molecule has 1 aromatic carbocycles. The van der Waals surface area contributed by atoms with Crippen LogP contribution in [0, 0.1) is 5.92 Å². The number of fused-ring (bicyclic) bond motifs is 1. The molecule has 1 aromatic heterocycles. The molecule has 1 N–H and O–H groups in total. The fraction of sp³-hybridized carbons (Fsp3) is 0.579. The lowest BCUT2D eigenvalue weighted by Gasteiger charge is -2.28. The topological polar surface area (TPSA) is 28.3 Å². The molecule has 1 aliphatic rings. The van der Waals surface area contributed by atoms with Crippen LogP contribution in [0.2, 0.25) is 0 Å². The lowest BCUT2D eigenvalue weighted by molar-refractivity contribution is -0.0498. The monoisotopic (exact) mass is 342 g/mol. The number of aromatic amines is 1. The van der Waals surface area contributed by atoms with Crippen LogP contribution in [0.3, 0.4) is 0 Å². The van der Waals surface area contributed by atoms with Crippen LogP contribution in [0.25, 0.3) is 10.9 Å². The number of likely N-dealkylation sites (N-methyl/N-ethyl adjacent to an activating group) is 1. The van der Waals surface area contributed by atoms with Gasteiger partial charge < -0.3 is 14.6 Å². The third-order valence-corrected chi connectivity index (χ3v) is 4.67.